The molecule has 1 aliphatic rings. The van der Waals surface area contributed by atoms with Crippen LogP contribution in [0.15, 0.2) is 24.3 Å². The third kappa shape index (κ3) is 2.95. The van der Waals surface area contributed by atoms with Crippen LogP contribution in [0.1, 0.15) is 29.4 Å². The second-order valence-corrected chi connectivity index (χ2v) is 6.19. The van der Waals surface area contributed by atoms with Crippen LogP contribution in [0.25, 0.3) is 11.3 Å². The molecule has 0 atom stereocenters. The standard InChI is InChI=1S/C15H16FN3OS/c1-10-6-8-19(9-7-10)15(20)14-13(17-18-21-14)11-2-4-12(16)5-3-11/h2-5,10H,6-9H2,1H3. The lowest BCUT2D eigenvalue weighted by molar-refractivity contribution is 0.0702. The number of nitrogens with zero attached hydrogens (tertiary/aromatic N) is 3. The van der Waals surface area contributed by atoms with Crippen molar-refractivity contribution in [1.82, 2.24) is 14.5 Å². The molecule has 1 amide bonds. The van der Waals surface area contributed by atoms with Crippen LogP contribution in [0.4, 0.5) is 4.39 Å². The highest BCUT2D eigenvalue weighted by molar-refractivity contribution is 7.08. The Morgan fingerprint density at radius 1 is 1.29 bits per heavy atom. The van der Waals surface area contributed by atoms with Gasteiger partial charge in [-0.05, 0) is 54.6 Å². The molecule has 1 fully saturated rings. The van der Waals surface area contributed by atoms with E-state index in [4.69, 9.17) is 0 Å². The van der Waals surface area contributed by atoms with E-state index >= 15 is 0 Å². The number of hydrogen-bond donors (Lipinski definition) is 0. The molecule has 1 aromatic heterocycles. The summed E-state index contributed by atoms with van der Waals surface area (Å²) < 4.78 is 16.9. The summed E-state index contributed by atoms with van der Waals surface area (Å²) in [7, 11) is 0. The Kier molecular flexibility index (Phi) is 3.96. The smallest absolute Gasteiger partial charge is 0.267 e. The molecular formula is C15H16FN3OS. The van der Waals surface area contributed by atoms with Gasteiger partial charge in [-0.3, -0.25) is 4.79 Å². The van der Waals surface area contributed by atoms with E-state index in [-0.39, 0.29) is 11.7 Å². The maximum absolute atomic E-state index is 13.0. The molecule has 0 aliphatic carbocycles. The minimum atomic E-state index is -0.306. The first-order valence-corrected chi connectivity index (χ1v) is 7.80. The molecule has 0 saturated carbocycles. The molecule has 21 heavy (non-hydrogen) atoms. The SMILES string of the molecule is CC1CCN(C(=O)c2snnc2-c2ccc(F)cc2)CC1. The van der Waals surface area contributed by atoms with Crippen LogP contribution < -0.4 is 0 Å². The van der Waals surface area contributed by atoms with Gasteiger partial charge in [-0.25, -0.2) is 4.39 Å². The molecule has 110 valence electrons. The quantitative estimate of drug-likeness (QED) is 0.856. The predicted octanol–water partition coefficient (Wildman–Crippen LogP) is 3.22. The summed E-state index contributed by atoms with van der Waals surface area (Å²) in [4.78, 5) is 15.0. The van der Waals surface area contributed by atoms with Crippen LogP contribution in [-0.2, 0) is 0 Å². The van der Waals surface area contributed by atoms with E-state index in [0.29, 0.717) is 16.5 Å². The third-order valence-electron chi connectivity index (χ3n) is 3.87. The van der Waals surface area contributed by atoms with Gasteiger partial charge in [-0.1, -0.05) is 11.4 Å². The zero-order chi connectivity index (χ0) is 14.8. The molecule has 0 bridgehead atoms. The highest BCUT2D eigenvalue weighted by Gasteiger charge is 2.26. The fourth-order valence-electron chi connectivity index (χ4n) is 2.48. The molecule has 6 heteroatoms. The molecule has 3 rings (SSSR count). The van der Waals surface area contributed by atoms with Crippen LogP contribution in [0, 0.1) is 11.7 Å². The van der Waals surface area contributed by atoms with Crippen molar-refractivity contribution in [2.75, 3.05) is 13.1 Å². The largest absolute Gasteiger partial charge is 0.338 e. The van der Waals surface area contributed by atoms with E-state index in [0.717, 1.165) is 43.0 Å². The number of likely N-dealkylation sites (tertiary alicyclic amines) is 1. The van der Waals surface area contributed by atoms with Gasteiger partial charge in [0.1, 0.15) is 16.4 Å². The number of rotatable bonds is 2. The van der Waals surface area contributed by atoms with Crippen molar-refractivity contribution in [3.05, 3.63) is 35.0 Å². The van der Waals surface area contributed by atoms with E-state index < -0.39 is 0 Å². The Morgan fingerprint density at radius 2 is 1.95 bits per heavy atom. The van der Waals surface area contributed by atoms with Gasteiger partial charge < -0.3 is 4.90 Å². The van der Waals surface area contributed by atoms with E-state index in [1.807, 2.05) is 4.90 Å². The summed E-state index contributed by atoms with van der Waals surface area (Å²) in [5, 5.41) is 4.05. The van der Waals surface area contributed by atoms with Crippen molar-refractivity contribution in [3.8, 4) is 11.3 Å². The van der Waals surface area contributed by atoms with Gasteiger partial charge in [0.05, 0.1) is 0 Å². The van der Waals surface area contributed by atoms with Gasteiger partial charge in [0.15, 0.2) is 0 Å². The van der Waals surface area contributed by atoms with Crippen molar-refractivity contribution in [2.45, 2.75) is 19.8 Å². The van der Waals surface area contributed by atoms with Gasteiger partial charge in [0, 0.05) is 18.7 Å². The number of carbonyl (C=O) groups excluding carboxylic acids is 1. The highest BCUT2D eigenvalue weighted by Crippen LogP contribution is 2.27. The number of benzene rings is 1. The molecule has 2 heterocycles. The van der Waals surface area contributed by atoms with Crippen molar-refractivity contribution in [3.63, 3.8) is 0 Å². The topological polar surface area (TPSA) is 46.1 Å². The summed E-state index contributed by atoms with van der Waals surface area (Å²) >= 11 is 1.11. The summed E-state index contributed by atoms with van der Waals surface area (Å²) in [6, 6.07) is 5.99. The van der Waals surface area contributed by atoms with Crippen LogP contribution in [0.3, 0.4) is 0 Å². The number of halogens is 1. The zero-order valence-electron chi connectivity index (χ0n) is 11.8. The number of hydrogen-bond acceptors (Lipinski definition) is 4. The van der Waals surface area contributed by atoms with Crippen LogP contribution in [-0.4, -0.2) is 33.5 Å². The van der Waals surface area contributed by atoms with Crippen LogP contribution >= 0.6 is 11.5 Å². The number of aromatic nitrogens is 2. The monoisotopic (exact) mass is 305 g/mol. The predicted molar refractivity (Wildman–Crippen MR) is 79.6 cm³/mol. The summed E-state index contributed by atoms with van der Waals surface area (Å²) in [6.07, 6.45) is 2.06. The molecule has 0 radical (unpaired) electrons. The molecule has 1 aliphatic heterocycles. The van der Waals surface area contributed by atoms with E-state index in [1.54, 1.807) is 12.1 Å². The van der Waals surface area contributed by atoms with Crippen molar-refractivity contribution in [2.24, 2.45) is 5.92 Å². The van der Waals surface area contributed by atoms with Gasteiger partial charge in [0.25, 0.3) is 5.91 Å². The number of carbonyl (C=O) groups is 1. The van der Waals surface area contributed by atoms with E-state index in [2.05, 4.69) is 16.5 Å². The van der Waals surface area contributed by atoms with Crippen molar-refractivity contribution < 1.29 is 9.18 Å². The lowest BCUT2D eigenvalue weighted by Gasteiger charge is -2.29. The lowest BCUT2D eigenvalue weighted by atomic mass is 9.99. The molecule has 0 spiro atoms. The average molecular weight is 305 g/mol. The second kappa shape index (κ2) is 5.89. The first-order chi connectivity index (χ1) is 10.1. The first-order valence-electron chi connectivity index (χ1n) is 7.02. The molecule has 2 aromatic rings. The Labute approximate surface area is 126 Å². The summed E-state index contributed by atoms with van der Waals surface area (Å²) in [6.45, 7) is 3.77. The molecular weight excluding hydrogens is 289 g/mol. The van der Waals surface area contributed by atoms with Gasteiger partial charge in [-0.15, -0.1) is 5.10 Å². The van der Waals surface area contributed by atoms with E-state index in [9.17, 15) is 9.18 Å². The number of piperidine rings is 1. The Hall–Kier alpha value is -1.82. The maximum Gasteiger partial charge on any atom is 0.267 e. The minimum absolute atomic E-state index is 0.0174. The first kappa shape index (κ1) is 14.1. The Balaban J connectivity index is 1.85. The summed E-state index contributed by atoms with van der Waals surface area (Å²) in [5.41, 5.74) is 1.27. The fourth-order valence-corrected chi connectivity index (χ4v) is 3.14. The second-order valence-electron chi connectivity index (χ2n) is 5.43. The molecule has 0 unspecified atom stereocenters. The fraction of sp³-hybridized carbons (Fsp3) is 0.400. The molecule has 1 saturated heterocycles. The number of amides is 1. The van der Waals surface area contributed by atoms with Gasteiger partial charge in [-0.2, -0.15) is 0 Å². The summed E-state index contributed by atoms with van der Waals surface area (Å²) in [5.74, 6) is 0.348. The molecule has 1 aromatic carbocycles. The third-order valence-corrected chi connectivity index (χ3v) is 4.58. The van der Waals surface area contributed by atoms with Crippen molar-refractivity contribution in [1.29, 1.82) is 0 Å². The highest BCUT2D eigenvalue weighted by atomic mass is 32.1. The van der Waals surface area contributed by atoms with Crippen molar-refractivity contribution >= 4 is 17.4 Å². The average Bonchev–Trinajstić information content (AvgIpc) is 2.97. The minimum Gasteiger partial charge on any atom is -0.338 e. The Bertz CT molecular complexity index is 633. The zero-order valence-corrected chi connectivity index (χ0v) is 12.6. The van der Waals surface area contributed by atoms with Crippen LogP contribution in [0.2, 0.25) is 0 Å². The maximum atomic E-state index is 13.0. The van der Waals surface area contributed by atoms with Crippen LogP contribution in [0.5, 0.6) is 0 Å². The van der Waals surface area contributed by atoms with E-state index in [1.165, 1.54) is 12.1 Å². The molecule has 0 N–H and O–H groups in total. The normalized spacial score (nSPS) is 16.2. The van der Waals surface area contributed by atoms with Gasteiger partial charge >= 0.3 is 0 Å². The molecule has 4 nitrogen and oxygen atoms in total. The lowest BCUT2D eigenvalue weighted by Crippen LogP contribution is -2.37. The van der Waals surface area contributed by atoms with Gasteiger partial charge in [0.2, 0.25) is 0 Å². The Morgan fingerprint density at radius 3 is 2.62 bits per heavy atom.